The molecule has 0 aromatic heterocycles. The summed E-state index contributed by atoms with van der Waals surface area (Å²) in [5.74, 6) is 0. The second kappa shape index (κ2) is 4.63. The second-order valence-corrected chi connectivity index (χ2v) is 3.88. The van der Waals surface area contributed by atoms with Crippen LogP contribution in [-0.4, -0.2) is 14.8 Å². The number of halogens is 3. The Morgan fingerprint density at radius 2 is 1.80 bits per heavy atom. The third kappa shape index (κ3) is 3.52. The summed E-state index contributed by atoms with van der Waals surface area (Å²) in [4.78, 5) is 0. The summed E-state index contributed by atoms with van der Waals surface area (Å²) < 4.78 is 48.0. The molecule has 1 atom stereocenters. The molecule has 0 aliphatic carbocycles. The third-order valence-electron chi connectivity index (χ3n) is 1.56. The quantitative estimate of drug-likeness (QED) is 0.844. The van der Waals surface area contributed by atoms with Crippen LogP contribution in [0, 0.1) is 0 Å². The molecule has 7 heteroatoms. The molecule has 0 aliphatic rings. The average Bonchev–Trinajstić information content (AvgIpc) is 2.17. The lowest BCUT2D eigenvalue weighted by molar-refractivity contribution is -0.0379. The Hall–Kier alpha value is -1.08. The van der Waals surface area contributed by atoms with E-state index in [9.17, 15) is 17.4 Å². The maximum atomic E-state index is 11.9. The SMILES string of the molecule is O=S(Nc1ccc(CO)cc1)C(F)(F)F. The van der Waals surface area contributed by atoms with E-state index in [2.05, 4.69) is 0 Å². The highest BCUT2D eigenvalue weighted by atomic mass is 32.2. The summed E-state index contributed by atoms with van der Waals surface area (Å²) in [6.45, 7) is -0.192. The van der Waals surface area contributed by atoms with Gasteiger partial charge in [0.2, 0.25) is 11.0 Å². The molecule has 1 rings (SSSR count). The smallest absolute Gasteiger partial charge is 0.392 e. The van der Waals surface area contributed by atoms with Crippen LogP contribution in [-0.2, 0) is 17.6 Å². The van der Waals surface area contributed by atoms with Gasteiger partial charge < -0.3 is 5.11 Å². The first kappa shape index (κ1) is 12.0. The lowest BCUT2D eigenvalue weighted by atomic mass is 10.2. The molecule has 0 radical (unpaired) electrons. The zero-order valence-corrected chi connectivity index (χ0v) is 8.23. The van der Waals surface area contributed by atoms with Gasteiger partial charge in [-0.2, -0.15) is 13.2 Å². The van der Waals surface area contributed by atoms with Crippen molar-refractivity contribution in [3.63, 3.8) is 0 Å². The van der Waals surface area contributed by atoms with Crippen molar-refractivity contribution in [3.8, 4) is 0 Å². The van der Waals surface area contributed by atoms with Gasteiger partial charge in [-0.25, -0.2) is 4.21 Å². The maximum absolute atomic E-state index is 11.9. The maximum Gasteiger partial charge on any atom is 0.490 e. The van der Waals surface area contributed by atoms with Crippen LogP contribution in [0.15, 0.2) is 24.3 Å². The Morgan fingerprint density at radius 1 is 1.27 bits per heavy atom. The monoisotopic (exact) mass is 239 g/mol. The molecule has 1 unspecified atom stereocenters. The van der Waals surface area contributed by atoms with Crippen molar-refractivity contribution < 1.29 is 22.5 Å². The molecule has 3 nitrogen and oxygen atoms in total. The van der Waals surface area contributed by atoms with Crippen LogP contribution in [0.4, 0.5) is 18.9 Å². The zero-order valence-electron chi connectivity index (χ0n) is 7.41. The first-order valence-electron chi connectivity index (χ1n) is 3.88. The van der Waals surface area contributed by atoms with E-state index >= 15 is 0 Å². The number of rotatable bonds is 3. The first-order valence-corrected chi connectivity index (χ1v) is 5.03. The Balaban J connectivity index is 2.70. The fraction of sp³-hybridized carbons (Fsp3) is 0.250. The summed E-state index contributed by atoms with van der Waals surface area (Å²) >= 11 is 0. The predicted molar refractivity (Wildman–Crippen MR) is 50.2 cm³/mol. The summed E-state index contributed by atoms with van der Waals surface area (Å²) in [5.41, 5.74) is -4.13. The lowest BCUT2D eigenvalue weighted by Crippen LogP contribution is -2.22. The van der Waals surface area contributed by atoms with E-state index in [0.29, 0.717) is 5.56 Å². The number of aliphatic hydroxyl groups excluding tert-OH is 1. The topological polar surface area (TPSA) is 49.3 Å². The number of aliphatic hydroxyl groups is 1. The van der Waals surface area contributed by atoms with E-state index in [0.717, 1.165) is 0 Å². The molecular formula is C8H8F3NO2S. The van der Waals surface area contributed by atoms with Gasteiger partial charge in [0.05, 0.1) is 6.61 Å². The van der Waals surface area contributed by atoms with Gasteiger partial charge in [-0.05, 0) is 17.7 Å². The largest absolute Gasteiger partial charge is 0.490 e. The van der Waals surface area contributed by atoms with Crippen LogP contribution >= 0.6 is 0 Å². The molecule has 0 amide bonds. The number of anilines is 1. The van der Waals surface area contributed by atoms with Crippen molar-refractivity contribution >= 4 is 16.7 Å². The number of hydrogen-bond donors (Lipinski definition) is 2. The molecule has 0 saturated heterocycles. The van der Waals surface area contributed by atoms with Gasteiger partial charge in [0, 0.05) is 5.69 Å². The molecule has 2 N–H and O–H groups in total. The van der Waals surface area contributed by atoms with E-state index in [1.165, 1.54) is 24.3 Å². The molecule has 0 aliphatic heterocycles. The van der Waals surface area contributed by atoms with Gasteiger partial charge in [0.25, 0.3) is 0 Å². The van der Waals surface area contributed by atoms with E-state index in [1.54, 1.807) is 4.72 Å². The number of nitrogens with one attached hydrogen (secondary N) is 1. The highest BCUT2D eigenvalue weighted by Crippen LogP contribution is 2.21. The van der Waals surface area contributed by atoms with Crippen LogP contribution in [0.1, 0.15) is 5.56 Å². The minimum atomic E-state index is -4.78. The van der Waals surface area contributed by atoms with E-state index < -0.39 is 16.5 Å². The van der Waals surface area contributed by atoms with Crippen molar-refractivity contribution in [1.29, 1.82) is 0 Å². The number of benzene rings is 1. The fourth-order valence-electron chi connectivity index (χ4n) is 0.843. The highest BCUT2D eigenvalue weighted by Gasteiger charge is 2.37. The molecule has 0 saturated carbocycles. The number of alkyl halides is 3. The molecule has 1 aromatic carbocycles. The molecule has 15 heavy (non-hydrogen) atoms. The molecular weight excluding hydrogens is 231 g/mol. The van der Waals surface area contributed by atoms with Crippen LogP contribution in [0.25, 0.3) is 0 Å². The summed E-state index contributed by atoms with van der Waals surface area (Å²) in [5, 5.41) is 8.68. The van der Waals surface area contributed by atoms with Crippen LogP contribution in [0.2, 0.25) is 0 Å². The van der Waals surface area contributed by atoms with Gasteiger partial charge in [0.1, 0.15) is 0 Å². The van der Waals surface area contributed by atoms with Crippen molar-refractivity contribution in [2.45, 2.75) is 12.1 Å². The fourth-order valence-corrected chi connectivity index (χ4v) is 1.31. The predicted octanol–water partition coefficient (Wildman–Crippen LogP) is 1.77. The Morgan fingerprint density at radius 3 is 2.20 bits per heavy atom. The summed E-state index contributed by atoms with van der Waals surface area (Å²) in [7, 11) is -3.11. The van der Waals surface area contributed by atoms with Gasteiger partial charge in [-0.3, -0.25) is 4.72 Å². The van der Waals surface area contributed by atoms with Crippen LogP contribution in [0.5, 0.6) is 0 Å². The Bertz CT molecular complexity index is 350. The second-order valence-electron chi connectivity index (χ2n) is 2.67. The van der Waals surface area contributed by atoms with Crippen molar-refractivity contribution in [1.82, 2.24) is 0 Å². The Labute approximate surface area is 86.5 Å². The summed E-state index contributed by atoms with van der Waals surface area (Å²) in [6.07, 6.45) is 0. The molecule has 0 heterocycles. The standard InChI is InChI=1S/C8H8F3NO2S/c9-8(10,11)15(14)12-7-3-1-6(5-13)2-4-7/h1-4,12-13H,5H2. The van der Waals surface area contributed by atoms with Crippen molar-refractivity contribution in [2.24, 2.45) is 0 Å². The third-order valence-corrected chi connectivity index (χ3v) is 2.40. The summed E-state index contributed by atoms with van der Waals surface area (Å²) in [6, 6.07) is 5.51. The molecule has 0 bridgehead atoms. The highest BCUT2D eigenvalue weighted by molar-refractivity contribution is 7.87. The van der Waals surface area contributed by atoms with Crippen LogP contribution in [0.3, 0.4) is 0 Å². The number of hydrogen-bond acceptors (Lipinski definition) is 2. The normalized spacial score (nSPS) is 13.6. The van der Waals surface area contributed by atoms with Gasteiger partial charge >= 0.3 is 5.51 Å². The lowest BCUT2D eigenvalue weighted by Gasteiger charge is -2.08. The van der Waals surface area contributed by atoms with Gasteiger partial charge in [0.15, 0.2) is 0 Å². The van der Waals surface area contributed by atoms with Crippen LogP contribution < -0.4 is 4.72 Å². The van der Waals surface area contributed by atoms with E-state index in [-0.39, 0.29) is 12.3 Å². The van der Waals surface area contributed by atoms with Crippen molar-refractivity contribution in [2.75, 3.05) is 4.72 Å². The Kier molecular flexibility index (Phi) is 3.70. The van der Waals surface area contributed by atoms with E-state index in [4.69, 9.17) is 5.11 Å². The minimum absolute atomic E-state index is 0.0860. The molecule has 0 fully saturated rings. The average molecular weight is 239 g/mol. The van der Waals surface area contributed by atoms with Gasteiger partial charge in [-0.1, -0.05) is 12.1 Å². The first-order chi connectivity index (χ1) is 6.93. The zero-order chi connectivity index (χ0) is 11.5. The van der Waals surface area contributed by atoms with E-state index in [1.807, 2.05) is 0 Å². The molecule has 1 aromatic rings. The molecule has 0 spiro atoms. The van der Waals surface area contributed by atoms with Crippen molar-refractivity contribution in [3.05, 3.63) is 29.8 Å². The minimum Gasteiger partial charge on any atom is -0.392 e. The van der Waals surface area contributed by atoms with Gasteiger partial charge in [-0.15, -0.1) is 0 Å². The molecule has 84 valence electrons.